The van der Waals surface area contributed by atoms with E-state index in [9.17, 15) is 9.90 Å². The Morgan fingerprint density at radius 2 is 1.88 bits per heavy atom. The van der Waals surface area contributed by atoms with E-state index in [-0.39, 0.29) is 12.0 Å². The van der Waals surface area contributed by atoms with Crippen molar-refractivity contribution >= 4 is 5.91 Å². The number of aliphatic hydroxyl groups excluding tert-OH is 1. The van der Waals surface area contributed by atoms with Crippen molar-refractivity contribution in [2.24, 2.45) is 0 Å². The fourth-order valence-corrected chi connectivity index (χ4v) is 3.17. The molecule has 1 N–H and O–H groups in total. The first-order valence-electron chi connectivity index (χ1n) is 8.38. The minimum Gasteiger partial charge on any atom is -0.392 e. The standard InChI is InChI=1S/C18H24N4O2/c1-15(23)14-20-10-12-21(13-11-20)18(24)17(22-9-5-8-19-22)16-6-3-2-4-7-16/h2-9,15,17,23H,10-14H2,1H3/t15-,17-/m0/s1. The highest BCUT2D eigenvalue weighted by Crippen LogP contribution is 2.21. The second kappa shape index (κ2) is 7.59. The molecule has 24 heavy (non-hydrogen) atoms. The van der Waals surface area contributed by atoms with Gasteiger partial charge in [-0.15, -0.1) is 0 Å². The molecule has 128 valence electrons. The molecular formula is C18H24N4O2. The Balaban J connectivity index is 1.74. The van der Waals surface area contributed by atoms with E-state index in [0.717, 1.165) is 18.7 Å². The zero-order chi connectivity index (χ0) is 16.9. The summed E-state index contributed by atoms with van der Waals surface area (Å²) in [7, 11) is 0. The summed E-state index contributed by atoms with van der Waals surface area (Å²) in [4.78, 5) is 17.2. The molecular weight excluding hydrogens is 304 g/mol. The van der Waals surface area contributed by atoms with E-state index >= 15 is 0 Å². The highest BCUT2D eigenvalue weighted by atomic mass is 16.3. The summed E-state index contributed by atoms with van der Waals surface area (Å²) >= 11 is 0. The van der Waals surface area contributed by atoms with Crippen molar-refractivity contribution in [2.45, 2.75) is 19.1 Å². The minimum absolute atomic E-state index is 0.0709. The Kier molecular flexibility index (Phi) is 5.27. The molecule has 1 aromatic carbocycles. The molecule has 1 aliphatic rings. The number of amides is 1. The van der Waals surface area contributed by atoms with E-state index in [1.165, 1.54) is 0 Å². The molecule has 0 aliphatic carbocycles. The first kappa shape index (κ1) is 16.7. The predicted molar refractivity (Wildman–Crippen MR) is 91.5 cm³/mol. The van der Waals surface area contributed by atoms with Crippen LogP contribution < -0.4 is 0 Å². The lowest BCUT2D eigenvalue weighted by Gasteiger charge is -2.37. The smallest absolute Gasteiger partial charge is 0.252 e. The van der Waals surface area contributed by atoms with Gasteiger partial charge in [-0.05, 0) is 18.6 Å². The lowest BCUT2D eigenvalue weighted by Crippen LogP contribution is -2.51. The van der Waals surface area contributed by atoms with Crippen LogP contribution in [0.2, 0.25) is 0 Å². The second-order valence-corrected chi connectivity index (χ2v) is 6.27. The quantitative estimate of drug-likeness (QED) is 0.889. The third-order valence-corrected chi connectivity index (χ3v) is 4.35. The number of rotatable bonds is 5. The molecule has 1 fully saturated rings. The highest BCUT2D eigenvalue weighted by Gasteiger charge is 2.30. The van der Waals surface area contributed by atoms with Crippen molar-refractivity contribution < 1.29 is 9.90 Å². The van der Waals surface area contributed by atoms with Crippen molar-refractivity contribution in [3.8, 4) is 0 Å². The predicted octanol–water partition coefficient (Wildman–Crippen LogP) is 0.997. The van der Waals surface area contributed by atoms with Gasteiger partial charge in [0.1, 0.15) is 0 Å². The fourth-order valence-electron chi connectivity index (χ4n) is 3.17. The van der Waals surface area contributed by atoms with Gasteiger partial charge >= 0.3 is 0 Å². The number of nitrogens with zero attached hydrogens (tertiary/aromatic N) is 4. The van der Waals surface area contributed by atoms with E-state index in [1.807, 2.05) is 47.5 Å². The number of benzene rings is 1. The number of hydrogen-bond acceptors (Lipinski definition) is 4. The van der Waals surface area contributed by atoms with Gasteiger partial charge in [0.05, 0.1) is 6.10 Å². The molecule has 3 rings (SSSR count). The van der Waals surface area contributed by atoms with Crippen LogP contribution in [0.1, 0.15) is 18.5 Å². The third-order valence-electron chi connectivity index (χ3n) is 4.35. The summed E-state index contributed by atoms with van der Waals surface area (Å²) in [5.41, 5.74) is 0.942. The lowest BCUT2D eigenvalue weighted by atomic mass is 10.1. The fraction of sp³-hybridized carbons (Fsp3) is 0.444. The molecule has 0 unspecified atom stereocenters. The van der Waals surface area contributed by atoms with Gasteiger partial charge in [-0.25, -0.2) is 0 Å². The van der Waals surface area contributed by atoms with Gasteiger partial charge in [0.25, 0.3) is 5.91 Å². The SMILES string of the molecule is C[C@H](O)CN1CCN(C(=O)[C@H](c2ccccc2)n2cccn2)CC1. The maximum Gasteiger partial charge on any atom is 0.252 e. The number of piperazine rings is 1. The van der Waals surface area contributed by atoms with Crippen molar-refractivity contribution in [2.75, 3.05) is 32.7 Å². The van der Waals surface area contributed by atoms with Crippen molar-refractivity contribution in [1.29, 1.82) is 0 Å². The maximum atomic E-state index is 13.1. The zero-order valence-electron chi connectivity index (χ0n) is 14.0. The molecule has 0 saturated carbocycles. The van der Waals surface area contributed by atoms with Crippen LogP contribution in [0.5, 0.6) is 0 Å². The molecule has 2 aromatic rings. The Hall–Kier alpha value is -2.18. The van der Waals surface area contributed by atoms with E-state index in [4.69, 9.17) is 0 Å². The Morgan fingerprint density at radius 1 is 1.17 bits per heavy atom. The van der Waals surface area contributed by atoms with Gasteiger partial charge in [-0.2, -0.15) is 5.10 Å². The minimum atomic E-state index is -0.426. The number of carbonyl (C=O) groups excluding carboxylic acids is 1. The highest BCUT2D eigenvalue weighted by molar-refractivity contribution is 5.83. The normalized spacial score (nSPS) is 18.3. The van der Waals surface area contributed by atoms with Crippen LogP contribution in [0.15, 0.2) is 48.8 Å². The maximum absolute atomic E-state index is 13.1. The summed E-state index contributed by atoms with van der Waals surface area (Å²) in [5, 5.41) is 13.8. The van der Waals surface area contributed by atoms with Crippen LogP contribution >= 0.6 is 0 Å². The van der Waals surface area contributed by atoms with E-state index < -0.39 is 6.04 Å². The molecule has 1 aromatic heterocycles. The molecule has 6 nitrogen and oxygen atoms in total. The monoisotopic (exact) mass is 328 g/mol. The van der Waals surface area contributed by atoms with Gasteiger partial charge in [-0.1, -0.05) is 30.3 Å². The Bertz CT molecular complexity index is 634. The van der Waals surface area contributed by atoms with Gasteiger partial charge in [-0.3, -0.25) is 14.4 Å². The van der Waals surface area contributed by atoms with Crippen LogP contribution in [0, 0.1) is 0 Å². The van der Waals surface area contributed by atoms with Gasteiger partial charge in [0, 0.05) is 45.1 Å². The van der Waals surface area contributed by atoms with Crippen molar-refractivity contribution in [3.63, 3.8) is 0 Å². The van der Waals surface area contributed by atoms with Crippen LogP contribution in [-0.4, -0.2) is 69.4 Å². The van der Waals surface area contributed by atoms with E-state index in [2.05, 4.69) is 10.00 Å². The molecule has 0 radical (unpaired) electrons. The Labute approximate surface area is 142 Å². The Morgan fingerprint density at radius 3 is 2.46 bits per heavy atom. The molecule has 1 amide bonds. The van der Waals surface area contributed by atoms with Crippen LogP contribution in [0.3, 0.4) is 0 Å². The van der Waals surface area contributed by atoms with Crippen LogP contribution in [-0.2, 0) is 4.79 Å². The van der Waals surface area contributed by atoms with E-state index in [0.29, 0.717) is 19.6 Å². The lowest BCUT2D eigenvalue weighted by molar-refractivity contribution is -0.135. The molecule has 1 saturated heterocycles. The molecule has 6 heteroatoms. The van der Waals surface area contributed by atoms with E-state index in [1.54, 1.807) is 17.8 Å². The van der Waals surface area contributed by atoms with Crippen LogP contribution in [0.4, 0.5) is 0 Å². The van der Waals surface area contributed by atoms with Gasteiger partial charge < -0.3 is 10.0 Å². The number of hydrogen-bond donors (Lipinski definition) is 1. The molecule has 0 bridgehead atoms. The summed E-state index contributed by atoms with van der Waals surface area (Å²) in [6.45, 7) is 5.38. The summed E-state index contributed by atoms with van der Waals surface area (Å²) in [5.74, 6) is 0.0709. The summed E-state index contributed by atoms with van der Waals surface area (Å²) < 4.78 is 1.72. The zero-order valence-corrected chi connectivity index (χ0v) is 14.0. The van der Waals surface area contributed by atoms with Crippen molar-refractivity contribution in [1.82, 2.24) is 19.6 Å². The molecule has 0 spiro atoms. The molecule has 1 aliphatic heterocycles. The topological polar surface area (TPSA) is 61.6 Å². The first-order valence-corrected chi connectivity index (χ1v) is 8.38. The van der Waals surface area contributed by atoms with Crippen LogP contribution in [0.25, 0.3) is 0 Å². The number of aliphatic hydroxyl groups is 1. The van der Waals surface area contributed by atoms with Gasteiger partial charge in [0.2, 0.25) is 0 Å². The van der Waals surface area contributed by atoms with Crippen molar-refractivity contribution in [3.05, 3.63) is 54.4 Å². The average molecular weight is 328 g/mol. The average Bonchev–Trinajstić information content (AvgIpc) is 3.10. The second-order valence-electron chi connectivity index (χ2n) is 6.27. The number of aromatic nitrogens is 2. The number of carbonyl (C=O) groups is 1. The molecule has 2 heterocycles. The van der Waals surface area contributed by atoms with Gasteiger partial charge in [0.15, 0.2) is 6.04 Å². The first-order chi connectivity index (χ1) is 11.6. The number of β-amino-alcohol motifs (C(OH)–C–C–N with tert-alkyl or cyclic N) is 1. The largest absolute Gasteiger partial charge is 0.392 e. The third kappa shape index (κ3) is 3.83. The summed E-state index contributed by atoms with van der Waals surface area (Å²) in [6.07, 6.45) is 3.19. The summed E-state index contributed by atoms with van der Waals surface area (Å²) in [6, 6.07) is 11.2. The molecule has 2 atom stereocenters.